The monoisotopic (exact) mass is 443 g/mol. The van der Waals surface area contributed by atoms with E-state index >= 15 is 0 Å². The van der Waals surface area contributed by atoms with Gasteiger partial charge in [0.2, 0.25) is 11.0 Å². The molecule has 0 fully saturated rings. The predicted octanol–water partition coefficient (Wildman–Crippen LogP) is 4.64. The van der Waals surface area contributed by atoms with Crippen molar-refractivity contribution in [3.05, 3.63) is 69.1 Å². The molecular formula is C20H18BrN3O2S. The van der Waals surface area contributed by atoms with Gasteiger partial charge < -0.3 is 10.1 Å². The second kappa shape index (κ2) is 7.05. The number of carbonyl (C=O) groups excluding carboxylic acids is 1. The van der Waals surface area contributed by atoms with Crippen molar-refractivity contribution >= 4 is 38.3 Å². The van der Waals surface area contributed by atoms with Gasteiger partial charge in [0.05, 0.1) is 12.5 Å². The van der Waals surface area contributed by atoms with Crippen molar-refractivity contribution in [1.82, 2.24) is 10.2 Å². The quantitative estimate of drug-likeness (QED) is 0.637. The average molecular weight is 444 g/mol. The third kappa shape index (κ3) is 3.26. The van der Waals surface area contributed by atoms with E-state index in [0.717, 1.165) is 21.3 Å². The van der Waals surface area contributed by atoms with E-state index in [2.05, 4.69) is 49.6 Å². The number of anilines is 1. The third-order valence-corrected chi connectivity index (χ3v) is 6.30. The number of benzene rings is 2. The number of nitrogens with zero attached hydrogens (tertiary/aromatic N) is 2. The Hall–Kier alpha value is -2.25. The summed E-state index contributed by atoms with van der Waals surface area (Å²) in [5.74, 6) is 0.663. The molecule has 27 heavy (non-hydrogen) atoms. The largest absolute Gasteiger partial charge is 0.497 e. The summed E-state index contributed by atoms with van der Waals surface area (Å²) < 4.78 is 6.44. The number of amides is 1. The number of hydrogen-bond donors (Lipinski definition) is 1. The molecule has 4 rings (SSSR count). The lowest BCUT2D eigenvalue weighted by Gasteiger charge is -2.31. The van der Waals surface area contributed by atoms with E-state index in [9.17, 15) is 4.79 Å². The lowest BCUT2D eigenvalue weighted by atomic mass is 9.73. The van der Waals surface area contributed by atoms with Crippen LogP contribution in [-0.2, 0) is 11.2 Å². The highest BCUT2D eigenvalue weighted by Gasteiger charge is 2.49. The molecule has 3 aromatic rings. The summed E-state index contributed by atoms with van der Waals surface area (Å²) in [6.07, 6.45) is 0.650. The van der Waals surface area contributed by atoms with E-state index in [1.54, 1.807) is 12.6 Å². The van der Waals surface area contributed by atoms with Crippen molar-refractivity contribution in [2.75, 3.05) is 12.4 Å². The van der Waals surface area contributed by atoms with Gasteiger partial charge in [0.15, 0.2) is 0 Å². The van der Waals surface area contributed by atoms with Gasteiger partial charge in [-0.2, -0.15) is 0 Å². The van der Waals surface area contributed by atoms with Crippen LogP contribution < -0.4 is 10.1 Å². The Balaban J connectivity index is 1.80. The lowest BCUT2D eigenvalue weighted by Crippen LogP contribution is -2.37. The highest BCUT2D eigenvalue weighted by atomic mass is 79.9. The van der Waals surface area contributed by atoms with Gasteiger partial charge >= 0.3 is 0 Å². The molecule has 0 radical (unpaired) electrons. The number of methoxy groups -OCH3 is 1. The van der Waals surface area contributed by atoms with Crippen LogP contribution in [-0.4, -0.2) is 23.2 Å². The molecule has 0 bridgehead atoms. The van der Waals surface area contributed by atoms with Gasteiger partial charge in [-0.15, -0.1) is 10.2 Å². The van der Waals surface area contributed by atoms with Crippen LogP contribution in [0.5, 0.6) is 5.75 Å². The zero-order valence-corrected chi connectivity index (χ0v) is 17.3. The van der Waals surface area contributed by atoms with Gasteiger partial charge in [0.1, 0.15) is 11.3 Å². The SMILES string of the molecule is COc1ccc2c(c1)[C@@H](c1ccc(Br)cc1)[C@@](C)(C(=O)Nc1nncs1)C2. The molecule has 138 valence electrons. The van der Waals surface area contributed by atoms with Crippen LogP contribution in [0.25, 0.3) is 0 Å². The molecule has 1 N–H and O–H groups in total. The Morgan fingerprint density at radius 1 is 1.30 bits per heavy atom. The number of fused-ring (bicyclic) bond motifs is 1. The maximum absolute atomic E-state index is 13.3. The highest BCUT2D eigenvalue weighted by molar-refractivity contribution is 9.10. The minimum Gasteiger partial charge on any atom is -0.497 e. The summed E-state index contributed by atoms with van der Waals surface area (Å²) in [6, 6.07) is 14.2. The number of nitrogens with one attached hydrogen (secondary N) is 1. The fraction of sp³-hybridized carbons (Fsp3) is 0.250. The Labute approximate surface area is 169 Å². The van der Waals surface area contributed by atoms with Crippen molar-refractivity contribution in [3.8, 4) is 5.75 Å². The summed E-state index contributed by atoms with van der Waals surface area (Å²) >= 11 is 4.81. The fourth-order valence-electron chi connectivity index (χ4n) is 3.85. The van der Waals surface area contributed by atoms with E-state index in [4.69, 9.17) is 4.74 Å². The van der Waals surface area contributed by atoms with Crippen LogP contribution in [0.3, 0.4) is 0 Å². The minimum absolute atomic E-state index is 0.0534. The summed E-state index contributed by atoms with van der Waals surface area (Å²) in [6.45, 7) is 2.02. The number of halogens is 1. The van der Waals surface area contributed by atoms with Crippen molar-refractivity contribution in [1.29, 1.82) is 0 Å². The molecule has 1 aliphatic carbocycles. The number of ether oxygens (including phenoxy) is 1. The first-order chi connectivity index (χ1) is 13.0. The Morgan fingerprint density at radius 3 is 2.74 bits per heavy atom. The minimum atomic E-state index is -0.645. The molecule has 7 heteroatoms. The van der Waals surface area contributed by atoms with Gasteiger partial charge in [0.25, 0.3) is 0 Å². The van der Waals surface area contributed by atoms with E-state index in [-0.39, 0.29) is 11.8 Å². The van der Waals surface area contributed by atoms with Crippen LogP contribution >= 0.6 is 27.3 Å². The van der Waals surface area contributed by atoms with Crippen LogP contribution in [0.1, 0.15) is 29.5 Å². The molecule has 5 nitrogen and oxygen atoms in total. The number of hydrogen-bond acceptors (Lipinski definition) is 5. The van der Waals surface area contributed by atoms with Crippen LogP contribution in [0.2, 0.25) is 0 Å². The highest BCUT2D eigenvalue weighted by Crippen LogP contribution is 2.52. The molecule has 2 aromatic carbocycles. The summed E-state index contributed by atoms with van der Waals surface area (Å²) in [7, 11) is 1.66. The second-order valence-electron chi connectivity index (χ2n) is 6.84. The molecule has 2 atom stereocenters. The standard InChI is InChI=1S/C20H18BrN3O2S/c1-20(18(25)23-19-24-22-11-27-19)10-13-5-8-15(26-2)9-16(13)17(20)12-3-6-14(21)7-4-12/h3-9,11,17H,10H2,1-2H3,(H,23,24,25)/t17-,20+/m1/s1. The van der Waals surface area contributed by atoms with E-state index in [0.29, 0.717) is 11.6 Å². The van der Waals surface area contributed by atoms with E-state index in [1.807, 2.05) is 31.2 Å². The Bertz CT molecular complexity index is 975. The first-order valence-electron chi connectivity index (χ1n) is 8.51. The van der Waals surface area contributed by atoms with Crippen molar-refractivity contribution in [3.63, 3.8) is 0 Å². The second-order valence-corrected chi connectivity index (χ2v) is 8.59. The van der Waals surface area contributed by atoms with E-state index < -0.39 is 5.41 Å². The molecule has 1 amide bonds. The Morgan fingerprint density at radius 2 is 2.07 bits per heavy atom. The molecule has 0 aliphatic heterocycles. The maximum atomic E-state index is 13.3. The molecule has 0 saturated carbocycles. The molecule has 0 unspecified atom stereocenters. The van der Waals surface area contributed by atoms with E-state index in [1.165, 1.54) is 16.9 Å². The Kier molecular flexibility index (Phi) is 4.74. The zero-order valence-electron chi connectivity index (χ0n) is 14.9. The molecule has 1 aliphatic rings. The summed E-state index contributed by atoms with van der Waals surface area (Å²) in [5, 5.41) is 11.2. The van der Waals surface area contributed by atoms with Gasteiger partial charge in [-0.05, 0) is 54.3 Å². The van der Waals surface area contributed by atoms with Crippen LogP contribution in [0.15, 0.2) is 52.4 Å². The molecular weight excluding hydrogens is 426 g/mol. The van der Waals surface area contributed by atoms with Gasteiger partial charge in [0, 0.05) is 10.4 Å². The fourth-order valence-corrected chi connectivity index (χ4v) is 4.56. The third-order valence-electron chi connectivity index (χ3n) is 5.16. The van der Waals surface area contributed by atoms with Crippen LogP contribution in [0.4, 0.5) is 5.13 Å². The average Bonchev–Trinajstić information content (AvgIpc) is 3.27. The molecule has 1 aromatic heterocycles. The zero-order chi connectivity index (χ0) is 19.0. The number of aromatic nitrogens is 2. The van der Waals surface area contributed by atoms with Crippen molar-refractivity contribution in [2.24, 2.45) is 5.41 Å². The van der Waals surface area contributed by atoms with Crippen LogP contribution in [0, 0.1) is 5.41 Å². The normalized spacial score (nSPS) is 20.9. The number of rotatable bonds is 4. The maximum Gasteiger partial charge on any atom is 0.233 e. The van der Waals surface area contributed by atoms with Gasteiger partial charge in [-0.3, -0.25) is 4.79 Å². The first-order valence-corrected chi connectivity index (χ1v) is 10.2. The summed E-state index contributed by atoms with van der Waals surface area (Å²) in [4.78, 5) is 13.3. The molecule has 1 heterocycles. The molecule has 0 spiro atoms. The topological polar surface area (TPSA) is 64.1 Å². The number of carbonyl (C=O) groups is 1. The van der Waals surface area contributed by atoms with Crippen molar-refractivity contribution in [2.45, 2.75) is 19.3 Å². The van der Waals surface area contributed by atoms with Crippen molar-refractivity contribution < 1.29 is 9.53 Å². The predicted molar refractivity (Wildman–Crippen MR) is 109 cm³/mol. The smallest absolute Gasteiger partial charge is 0.233 e. The molecule has 0 saturated heterocycles. The summed E-state index contributed by atoms with van der Waals surface area (Å²) in [5.41, 5.74) is 4.36. The first kappa shape index (κ1) is 18.1. The van der Waals surface area contributed by atoms with Gasteiger partial charge in [-0.25, -0.2) is 0 Å². The van der Waals surface area contributed by atoms with Gasteiger partial charge in [-0.1, -0.05) is 45.5 Å². The lowest BCUT2D eigenvalue weighted by molar-refractivity contribution is -0.125.